The van der Waals surface area contributed by atoms with E-state index in [1.807, 2.05) is 18.2 Å². The average molecular weight is 338 g/mol. The molecule has 3 N–H and O–H groups in total. The molecule has 0 aliphatic heterocycles. The summed E-state index contributed by atoms with van der Waals surface area (Å²) in [4.78, 5) is 11.5. The molecule has 1 aromatic carbocycles. The van der Waals surface area contributed by atoms with Gasteiger partial charge in [-0.2, -0.15) is 0 Å². The first-order valence-corrected chi connectivity index (χ1v) is 6.17. The van der Waals surface area contributed by atoms with E-state index in [0.29, 0.717) is 13.0 Å². The van der Waals surface area contributed by atoms with Gasteiger partial charge in [0.2, 0.25) is 5.91 Å². The van der Waals surface area contributed by atoms with E-state index in [4.69, 9.17) is 10.5 Å². The Morgan fingerprint density at radius 3 is 2.78 bits per heavy atom. The van der Waals surface area contributed by atoms with Crippen molar-refractivity contribution in [1.82, 2.24) is 5.32 Å². The molecule has 1 atom stereocenters. The smallest absolute Gasteiger partial charge is 0.221 e. The molecule has 0 fully saturated rings. The third kappa shape index (κ3) is 5.71. The van der Waals surface area contributed by atoms with Crippen molar-refractivity contribution in [2.75, 3.05) is 7.11 Å². The molecule has 0 heterocycles. The van der Waals surface area contributed by atoms with Gasteiger partial charge in [0.05, 0.1) is 7.11 Å². The van der Waals surface area contributed by atoms with Crippen molar-refractivity contribution in [3.8, 4) is 5.75 Å². The Morgan fingerprint density at radius 1 is 1.56 bits per heavy atom. The number of carbonyl (C=O) groups is 1. The van der Waals surface area contributed by atoms with Gasteiger partial charge >= 0.3 is 0 Å². The Kier molecular flexibility index (Phi) is 7.98. The van der Waals surface area contributed by atoms with Gasteiger partial charge in [-0.25, -0.2) is 0 Å². The van der Waals surface area contributed by atoms with Crippen LogP contribution in [-0.2, 0) is 11.3 Å². The predicted molar refractivity (Wildman–Crippen MR) is 78.1 cm³/mol. The molecule has 102 valence electrons. The van der Waals surface area contributed by atoms with Crippen LogP contribution >= 0.6 is 28.3 Å². The van der Waals surface area contributed by atoms with E-state index in [1.165, 1.54) is 0 Å². The number of nitrogens with one attached hydrogen (secondary N) is 1. The first-order chi connectivity index (χ1) is 8.02. The summed E-state index contributed by atoms with van der Waals surface area (Å²) < 4.78 is 6.07. The van der Waals surface area contributed by atoms with E-state index >= 15 is 0 Å². The molecule has 0 saturated heterocycles. The highest BCUT2D eigenvalue weighted by Crippen LogP contribution is 2.22. The van der Waals surface area contributed by atoms with Crippen LogP contribution in [0, 0.1) is 0 Å². The molecule has 1 rings (SSSR count). The van der Waals surface area contributed by atoms with Gasteiger partial charge in [-0.3, -0.25) is 4.79 Å². The topological polar surface area (TPSA) is 64.3 Å². The molecule has 4 nitrogen and oxygen atoms in total. The predicted octanol–water partition coefficient (Wildman–Crippen LogP) is 2.23. The lowest BCUT2D eigenvalue weighted by Gasteiger charge is -2.10. The SMILES string of the molecule is COc1ccc(Br)c(CNC(=O)CC(C)N)c1.Cl. The summed E-state index contributed by atoms with van der Waals surface area (Å²) in [6.45, 7) is 2.27. The molecule has 0 saturated carbocycles. The molecule has 6 heteroatoms. The zero-order chi connectivity index (χ0) is 12.8. The third-order valence-electron chi connectivity index (χ3n) is 2.24. The Morgan fingerprint density at radius 2 is 2.22 bits per heavy atom. The first-order valence-electron chi connectivity index (χ1n) is 5.37. The van der Waals surface area contributed by atoms with Gasteiger partial charge in [-0.1, -0.05) is 15.9 Å². The molecule has 0 aliphatic rings. The molecule has 18 heavy (non-hydrogen) atoms. The third-order valence-corrected chi connectivity index (χ3v) is 3.01. The minimum Gasteiger partial charge on any atom is -0.497 e. The molecule has 0 spiro atoms. The van der Waals surface area contributed by atoms with Crippen molar-refractivity contribution in [2.45, 2.75) is 25.9 Å². The van der Waals surface area contributed by atoms with Crippen LogP contribution < -0.4 is 15.8 Å². The van der Waals surface area contributed by atoms with Crippen molar-refractivity contribution in [1.29, 1.82) is 0 Å². The summed E-state index contributed by atoms with van der Waals surface area (Å²) in [6.07, 6.45) is 0.335. The Hall–Kier alpha value is -0.780. The molecular formula is C12H18BrClN2O2. The number of hydrogen-bond donors (Lipinski definition) is 2. The number of amides is 1. The van der Waals surface area contributed by atoms with Gasteiger partial charge in [0, 0.05) is 23.5 Å². The normalized spacial score (nSPS) is 11.3. The van der Waals surface area contributed by atoms with Gasteiger partial charge in [-0.05, 0) is 30.7 Å². The maximum Gasteiger partial charge on any atom is 0.221 e. The summed E-state index contributed by atoms with van der Waals surface area (Å²) in [5.41, 5.74) is 6.52. The Labute approximate surface area is 122 Å². The summed E-state index contributed by atoms with van der Waals surface area (Å²) in [6, 6.07) is 5.52. The average Bonchev–Trinajstić information content (AvgIpc) is 2.27. The van der Waals surface area contributed by atoms with E-state index in [0.717, 1.165) is 15.8 Å². The van der Waals surface area contributed by atoms with Crippen LogP contribution in [0.15, 0.2) is 22.7 Å². The fourth-order valence-electron chi connectivity index (χ4n) is 1.37. The highest BCUT2D eigenvalue weighted by molar-refractivity contribution is 9.10. The second kappa shape index (κ2) is 8.34. The second-order valence-corrected chi connectivity index (χ2v) is 4.77. The van der Waals surface area contributed by atoms with Crippen molar-refractivity contribution in [3.05, 3.63) is 28.2 Å². The summed E-state index contributed by atoms with van der Waals surface area (Å²) in [5, 5.41) is 2.82. The zero-order valence-electron chi connectivity index (χ0n) is 10.4. The van der Waals surface area contributed by atoms with Gasteiger partial charge < -0.3 is 15.8 Å². The van der Waals surface area contributed by atoms with Gasteiger partial charge in [-0.15, -0.1) is 12.4 Å². The van der Waals surface area contributed by atoms with Crippen molar-refractivity contribution in [3.63, 3.8) is 0 Å². The molecule has 0 radical (unpaired) electrons. The van der Waals surface area contributed by atoms with Gasteiger partial charge in [0.15, 0.2) is 0 Å². The largest absolute Gasteiger partial charge is 0.497 e. The Balaban J connectivity index is 0.00000289. The van der Waals surface area contributed by atoms with Crippen LogP contribution in [0.5, 0.6) is 5.75 Å². The van der Waals surface area contributed by atoms with E-state index in [1.54, 1.807) is 14.0 Å². The molecule has 0 aromatic heterocycles. The monoisotopic (exact) mass is 336 g/mol. The number of hydrogen-bond acceptors (Lipinski definition) is 3. The molecule has 1 unspecified atom stereocenters. The highest BCUT2D eigenvalue weighted by Gasteiger charge is 2.07. The molecule has 1 amide bonds. The first kappa shape index (κ1) is 17.2. The van der Waals surface area contributed by atoms with Crippen molar-refractivity contribution >= 4 is 34.2 Å². The van der Waals surface area contributed by atoms with E-state index in [9.17, 15) is 4.79 Å². The standard InChI is InChI=1S/C12H17BrN2O2.ClH/c1-8(14)5-12(16)15-7-9-6-10(17-2)3-4-11(9)13;/h3-4,6,8H,5,7,14H2,1-2H3,(H,15,16);1H. The zero-order valence-corrected chi connectivity index (χ0v) is 12.8. The maximum atomic E-state index is 11.5. The summed E-state index contributed by atoms with van der Waals surface area (Å²) >= 11 is 3.43. The molecular weight excluding hydrogens is 320 g/mol. The lowest BCUT2D eigenvalue weighted by molar-refractivity contribution is -0.121. The minimum atomic E-state index is -0.122. The van der Waals surface area contributed by atoms with E-state index in [-0.39, 0.29) is 24.4 Å². The van der Waals surface area contributed by atoms with E-state index in [2.05, 4.69) is 21.2 Å². The lowest BCUT2D eigenvalue weighted by Crippen LogP contribution is -2.29. The van der Waals surface area contributed by atoms with Crippen molar-refractivity contribution in [2.24, 2.45) is 5.73 Å². The molecule has 1 aromatic rings. The molecule has 0 aliphatic carbocycles. The minimum absolute atomic E-state index is 0. The number of rotatable bonds is 5. The van der Waals surface area contributed by atoms with Crippen LogP contribution in [0.4, 0.5) is 0 Å². The number of halogens is 2. The van der Waals surface area contributed by atoms with Crippen LogP contribution in [0.2, 0.25) is 0 Å². The van der Waals surface area contributed by atoms with Gasteiger partial charge in [0.1, 0.15) is 5.75 Å². The van der Waals surface area contributed by atoms with Gasteiger partial charge in [0.25, 0.3) is 0 Å². The second-order valence-electron chi connectivity index (χ2n) is 3.92. The number of ether oxygens (including phenoxy) is 1. The number of nitrogens with two attached hydrogens (primary N) is 1. The Bertz CT molecular complexity index is 400. The highest BCUT2D eigenvalue weighted by atomic mass is 79.9. The fraction of sp³-hybridized carbons (Fsp3) is 0.417. The van der Waals surface area contributed by atoms with Crippen molar-refractivity contribution < 1.29 is 9.53 Å². The summed E-state index contributed by atoms with van der Waals surface area (Å²) in [7, 11) is 1.61. The summed E-state index contributed by atoms with van der Waals surface area (Å²) in [5.74, 6) is 0.722. The number of methoxy groups -OCH3 is 1. The lowest BCUT2D eigenvalue weighted by atomic mass is 10.2. The van der Waals surface area contributed by atoms with Crippen LogP contribution in [-0.4, -0.2) is 19.1 Å². The number of carbonyl (C=O) groups excluding carboxylic acids is 1. The van der Waals surface area contributed by atoms with Crippen LogP contribution in [0.3, 0.4) is 0 Å². The van der Waals surface area contributed by atoms with E-state index < -0.39 is 0 Å². The fourth-order valence-corrected chi connectivity index (χ4v) is 1.76. The maximum absolute atomic E-state index is 11.5. The molecule has 0 bridgehead atoms. The number of benzene rings is 1. The van der Waals surface area contributed by atoms with Crippen LogP contribution in [0.1, 0.15) is 18.9 Å². The van der Waals surface area contributed by atoms with Crippen LogP contribution in [0.25, 0.3) is 0 Å². The quantitative estimate of drug-likeness (QED) is 0.866.